The molecule has 7 rings (SSSR count). The highest BCUT2D eigenvalue weighted by Gasteiger charge is 2.49. The summed E-state index contributed by atoms with van der Waals surface area (Å²) in [6, 6.07) is 0.0529. The zero-order chi connectivity index (χ0) is 35.3. The van der Waals surface area contributed by atoms with Gasteiger partial charge in [0.2, 0.25) is 17.7 Å². The lowest BCUT2D eigenvalue weighted by molar-refractivity contribution is -0.144. The van der Waals surface area contributed by atoms with Gasteiger partial charge in [-0.15, -0.1) is 0 Å². The Morgan fingerprint density at radius 2 is 1.51 bits per heavy atom. The third kappa shape index (κ3) is 8.95. The predicted molar refractivity (Wildman–Crippen MR) is 199 cm³/mol. The maximum atomic E-state index is 13.2. The number of ether oxygens (including phenoxy) is 1. The van der Waals surface area contributed by atoms with E-state index in [1.54, 1.807) is 4.90 Å². The van der Waals surface area contributed by atoms with Crippen LogP contribution >= 0.6 is 0 Å². The highest BCUT2D eigenvalue weighted by Crippen LogP contribution is 2.46. The molecule has 9 nitrogen and oxygen atoms in total. The molecule has 3 saturated heterocycles. The molecule has 2 N–H and O–H groups in total. The summed E-state index contributed by atoms with van der Waals surface area (Å²) >= 11 is 0. The fraction of sp³-hybridized carbons (Fsp3) is 0.881. The van der Waals surface area contributed by atoms with E-state index in [0.717, 1.165) is 89.7 Å². The third-order valence-electron chi connectivity index (χ3n) is 14.6. The minimum Gasteiger partial charge on any atom is -0.393 e. The van der Waals surface area contributed by atoms with Crippen molar-refractivity contribution in [2.45, 2.75) is 160 Å². The number of fused-ring (bicyclic) bond motifs is 1. The quantitative estimate of drug-likeness (QED) is 0.158. The molecule has 0 aromatic carbocycles. The van der Waals surface area contributed by atoms with Crippen LogP contribution in [0.3, 0.4) is 0 Å². The molecule has 4 unspecified atom stereocenters. The number of imide groups is 1. The fourth-order valence-corrected chi connectivity index (χ4v) is 11.8. The number of allylic oxidation sites excluding steroid dienone is 2. The summed E-state index contributed by atoms with van der Waals surface area (Å²) in [5, 5.41) is 12.7. The van der Waals surface area contributed by atoms with E-state index in [9.17, 15) is 19.5 Å². The smallest absolute Gasteiger partial charge is 0.249 e. The first kappa shape index (κ1) is 37.5. The molecular formula is C42H68N4O5. The molecule has 3 aliphatic heterocycles. The van der Waals surface area contributed by atoms with E-state index in [4.69, 9.17) is 4.74 Å². The largest absolute Gasteiger partial charge is 0.393 e. The Bertz CT molecular complexity index is 1230. The number of piperidine rings is 1. The molecule has 0 aromatic rings. The summed E-state index contributed by atoms with van der Waals surface area (Å²) in [7, 11) is 0. The number of nitrogens with zero attached hydrogens (tertiary/aromatic N) is 3. The lowest BCUT2D eigenvalue weighted by Crippen LogP contribution is -2.53. The first-order valence-electron chi connectivity index (χ1n) is 21.5. The summed E-state index contributed by atoms with van der Waals surface area (Å²) in [6.45, 7) is 9.44. The molecule has 4 aliphatic carbocycles. The number of hydrogen-bond acceptors (Lipinski definition) is 7. The number of carbonyl (C=O) groups excluding carboxylic acids is 3. The Hall–Kier alpha value is -1.81. The van der Waals surface area contributed by atoms with Gasteiger partial charge in [0.15, 0.2) is 0 Å². The van der Waals surface area contributed by atoms with Crippen molar-refractivity contribution in [1.29, 1.82) is 0 Å². The van der Waals surface area contributed by atoms with Crippen LogP contribution in [0.5, 0.6) is 0 Å². The number of aliphatic hydroxyl groups is 1. The van der Waals surface area contributed by atoms with Crippen molar-refractivity contribution in [3.63, 3.8) is 0 Å². The highest BCUT2D eigenvalue weighted by atomic mass is 16.5. The summed E-state index contributed by atoms with van der Waals surface area (Å²) in [5.74, 6) is 2.22. The van der Waals surface area contributed by atoms with Crippen LogP contribution < -0.4 is 5.32 Å². The van der Waals surface area contributed by atoms with E-state index < -0.39 is 6.04 Å². The minimum atomic E-state index is -0.473. The Labute approximate surface area is 307 Å². The molecule has 51 heavy (non-hydrogen) atoms. The molecule has 3 heterocycles. The van der Waals surface area contributed by atoms with Crippen LogP contribution in [0, 0.1) is 29.6 Å². The second kappa shape index (κ2) is 17.6. The van der Waals surface area contributed by atoms with Gasteiger partial charge in [0.05, 0.1) is 12.2 Å². The first-order chi connectivity index (χ1) is 24.9. The maximum Gasteiger partial charge on any atom is 0.249 e. The van der Waals surface area contributed by atoms with Crippen molar-refractivity contribution < 1.29 is 24.2 Å². The second-order valence-corrected chi connectivity index (χ2v) is 17.5. The summed E-state index contributed by atoms with van der Waals surface area (Å²) in [6.07, 6.45) is 22.8. The number of carbonyl (C=O) groups is 3. The van der Waals surface area contributed by atoms with Gasteiger partial charge in [-0.05, 0) is 126 Å². The molecule has 7 fully saturated rings. The van der Waals surface area contributed by atoms with Crippen LogP contribution in [-0.2, 0) is 19.1 Å². The molecular weight excluding hydrogens is 640 g/mol. The average Bonchev–Trinajstić information content (AvgIpc) is 3.48. The zero-order valence-corrected chi connectivity index (χ0v) is 31.7. The van der Waals surface area contributed by atoms with Gasteiger partial charge in [-0.2, -0.15) is 0 Å². The number of piperazine rings is 1. The van der Waals surface area contributed by atoms with Gasteiger partial charge in [0.25, 0.3) is 0 Å². The van der Waals surface area contributed by atoms with Crippen molar-refractivity contribution >= 4 is 17.7 Å². The van der Waals surface area contributed by atoms with Crippen LogP contribution in [0.4, 0.5) is 0 Å². The molecule has 0 spiro atoms. The fourth-order valence-electron chi connectivity index (χ4n) is 11.8. The molecule has 0 bridgehead atoms. The molecule has 286 valence electrons. The van der Waals surface area contributed by atoms with Crippen molar-refractivity contribution in [2.75, 3.05) is 45.9 Å². The maximum absolute atomic E-state index is 13.2. The third-order valence-corrected chi connectivity index (χ3v) is 14.6. The molecule has 9 heteroatoms. The van der Waals surface area contributed by atoms with Gasteiger partial charge < -0.3 is 19.6 Å². The van der Waals surface area contributed by atoms with Crippen LogP contribution in [0.25, 0.3) is 0 Å². The van der Waals surface area contributed by atoms with E-state index in [0.29, 0.717) is 43.4 Å². The lowest BCUT2D eigenvalue weighted by atomic mass is 9.68. The Balaban J connectivity index is 0.813. The predicted octanol–water partition coefficient (Wildman–Crippen LogP) is 5.84. The summed E-state index contributed by atoms with van der Waals surface area (Å²) in [4.78, 5) is 44.4. The van der Waals surface area contributed by atoms with Gasteiger partial charge in [-0.25, -0.2) is 0 Å². The van der Waals surface area contributed by atoms with Crippen LogP contribution in [0.2, 0.25) is 0 Å². The first-order valence-corrected chi connectivity index (χ1v) is 21.5. The topological polar surface area (TPSA) is 102 Å². The van der Waals surface area contributed by atoms with Crippen LogP contribution in [0.1, 0.15) is 135 Å². The van der Waals surface area contributed by atoms with E-state index in [1.807, 2.05) is 11.1 Å². The molecule has 4 atom stereocenters. The van der Waals surface area contributed by atoms with Gasteiger partial charge >= 0.3 is 0 Å². The number of amides is 3. The van der Waals surface area contributed by atoms with E-state index in [2.05, 4.69) is 22.0 Å². The molecule has 0 radical (unpaired) electrons. The average molecular weight is 709 g/mol. The standard InChI is InChI=1S/C42H68N4O5/c1-2-36(29-7-4-3-5-8-29)40(30-9-14-34(47)15-10-30)31-11-16-35(17-12-31)51-26-6-21-44-22-24-45(25-23-44)33-13-18-37-32(27-33)28-46(42(37)50)38-19-20-39(48)43-41(38)49/h29-35,37-38,47H,2-28H2,1H3,(H,43,48,49)/b40-36-. The van der Waals surface area contributed by atoms with Gasteiger partial charge in [0, 0.05) is 64.3 Å². The van der Waals surface area contributed by atoms with Crippen molar-refractivity contribution in [2.24, 2.45) is 29.6 Å². The Morgan fingerprint density at radius 1 is 0.804 bits per heavy atom. The minimum absolute atomic E-state index is 0.0452. The van der Waals surface area contributed by atoms with Crippen molar-refractivity contribution in [3.8, 4) is 0 Å². The number of rotatable bonds is 11. The Kier molecular flexibility index (Phi) is 12.9. The highest BCUT2D eigenvalue weighted by molar-refractivity contribution is 6.02. The molecule has 3 amide bonds. The second-order valence-electron chi connectivity index (χ2n) is 17.5. The van der Waals surface area contributed by atoms with E-state index in [-0.39, 0.29) is 29.7 Å². The molecule has 0 aromatic heterocycles. The SMILES string of the molecule is CC/C(=C(\C1CCC(O)CC1)C1CCC(OCCCN2CCN(C3CCC4C(=O)N(C5CCC(=O)NC5=O)CC4C3)CC2)CC1)C1CCCCC1. The monoisotopic (exact) mass is 709 g/mol. The molecule has 7 aliphatic rings. The Morgan fingerprint density at radius 3 is 2.20 bits per heavy atom. The number of hydrogen-bond donors (Lipinski definition) is 2. The van der Waals surface area contributed by atoms with Crippen molar-refractivity contribution in [1.82, 2.24) is 20.0 Å². The lowest BCUT2D eigenvalue weighted by Gasteiger charge is -2.42. The van der Waals surface area contributed by atoms with E-state index in [1.165, 1.54) is 77.0 Å². The summed E-state index contributed by atoms with van der Waals surface area (Å²) < 4.78 is 6.53. The van der Waals surface area contributed by atoms with Gasteiger partial charge in [-0.3, -0.25) is 24.6 Å². The van der Waals surface area contributed by atoms with Crippen molar-refractivity contribution in [3.05, 3.63) is 11.1 Å². The number of aliphatic hydroxyl groups excluding tert-OH is 1. The van der Waals surface area contributed by atoms with Crippen LogP contribution in [-0.4, -0.2) is 108 Å². The van der Waals surface area contributed by atoms with Crippen LogP contribution in [0.15, 0.2) is 11.1 Å². The van der Waals surface area contributed by atoms with E-state index >= 15 is 0 Å². The zero-order valence-electron chi connectivity index (χ0n) is 31.7. The number of nitrogens with one attached hydrogen (secondary N) is 1. The number of likely N-dealkylation sites (tertiary alicyclic amines) is 1. The van der Waals surface area contributed by atoms with Gasteiger partial charge in [0.1, 0.15) is 6.04 Å². The van der Waals surface area contributed by atoms with Gasteiger partial charge in [-0.1, -0.05) is 37.3 Å². The normalized spacial score (nSPS) is 36.9. The molecule has 4 saturated carbocycles. The summed E-state index contributed by atoms with van der Waals surface area (Å²) in [5.41, 5.74) is 3.69.